The van der Waals surface area contributed by atoms with Gasteiger partial charge in [-0.25, -0.2) is 0 Å². The molecule has 0 amide bonds. The van der Waals surface area contributed by atoms with E-state index >= 15 is 0 Å². The van der Waals surface area contributed by atoms with E-state index in [1.807, 2.05) is 25.1 Å². The number of nitrogens with zero attached hydrogens (tertiary/aromatic N) is 1. The molecule has 0 heterocycles. The van der Waals surface area contributed by atoms with Gasteiger partial charge in [-0.2, -0.15) is 0 Å². The number of nitrogens with one attached hydrogen (secondary N) is 1. The second-order valence-corrected chi connectivity index (χ2v) is 7.34. The lowest BCUT2D eigenvalue weighted by Crippen LogP contribution is -2.21. The maximum Gasteiger partial charge on any atom is 0.163 e. The molecule has 0 aliphatic heterocycles. The van der Waals surface area contributed by atoms with Crippen LogP contribution in [0.15, 0.2) is 36.4 Å². The van der Waals surface area contributed by atoms with Crippen LogP contribution in [-0.2, 0) is 13.2 Å². The lowest BCUT2D eigenvalue weighted by molar-refractivity contribution is 0.269. The molecule has 1 N–H and O–H groups in total. The van der Waals surface area contributed by atoms with E-state index in [0.29, 0.717) is 30.5 Å². The zero-order chi connectivity index (χ0) is 19.6. The normalized spacial score (nSPS) is 11.0. The zero-order valence-corrected chi connectivity index (χ0v) is 17.6. The molecule has 0 aromatic heterocycles. The summed E-state index contributed by atoms with van der Waals surface area (Å²) in [6.07, 6.45) is 1.10. The summed E-state index contributed by atoms with van der Waals surface area (Å²) in [7, 11) is 4.17. The van der Waals surface area contributed by atoms with E-state index in [1.165, 1.54) is 5.56 Å². The Kier molecular flexibility index (Phi) is 8.92. The van der Waals surface area contributed by atoms with Crippen LogP contribution in [0.5, 0.6) is 11.5 Å². The lowest BCUT2D eigenvalue weighted by Gasteiger charge is -2.16. The predicted octanol–water partition coefficient (Wildman–Crippen LogP) is 4.67. The van der Waals surface area contributed by atoms with Crippen molar-refractivity contribution in [2.45, 2.75) is 33.4 Å². The largest absolute Gasteiger partial charge is 0.490 e. The third-order valence-electron chi connectivity index (χ3n) is 4.16. The minimum absolute atomic E-state index is 0.486. The van der Waals surface area contributed by atoms with Crippen molar-refractivity contribution in [3.63, 3.8) is 0 Å². The Bertz CT molecular complexity index is 719. The Morgan fingerprint density at radius 2 is 1.85 bits per heavy atom. The summed E-state index contributed by atoms with van der Waals surface area (Å²) in [5.41, 5.74) is 3.36. The zero-order valence-electron chi connectivity index (χ0n) is 16.8. The van der Waals surface area contributed by atoms with Gasteiger partial charge in [0.15, 0.2) is 11.5 Å². The van der Waals surface area contributed by atoms with Crippen LogP contribution >= 0.6 is 11.6 Å². The highest BCUT2D eigenvalue weighted by molar-refractivity contribution is 6.31. The highest BCUT2D eigenvalue weighted by Crippen LogP contribution is 2.34. The van der Waals surface area contributed by atoms with Crippen LogP contribution in [0.4, 0.5) is 0 Å². The van der Waals surface area contributed by atoms with Crippen LogP contribution in [-0.4, -0.2) is 38.7 Å². The lowest BCUT2D eigenvalue weighted by atomic mass is 10.1. The van der Waals surface area contributed by atoms with E-state index in [1.54, 1.807) is 0 Å². The second kappa shape index (κ2) is 11.2. The summed E-state index contributed by atoms with van der Waals surface area (Å²) in [4.78, 5) is 2.18. The summed E-state index contributed by atoms with van der Waals surface area (Å²) in [6, 6.07) is 12.1. The van der Waals surface area contributed by atoms with E-state index < -0.39 is 0 Å². The van der Waals surface area contributed by atoms with Crippen LogP contribution in [0.25, 0.3) is 0 Å². The van der Waals surface area contributed by atoms with E-state index in [4.69, 9.17) is 21.1 Å². The fourth-order valence-corrected chi connectivity index (χ4v) is 3.02. The standard InChI is InChI=1S/C22H31ClN2O2/c1-5-26-21-13-19(15-24-10-7-11-25(3)4)20(23)14-22(21)27-16-18-9-6-8-17(2)12-18/h6,8-9,12-14,24H,5,7,10-11,15-16H2,1-4H3. The van der Waals surface area contributed by atoms with Crippen LogP contribution in [0.1, 0.15) is 30.0 Å². The molecule has 148 valence electrons. The van der Waals surface area contributed by atoms with Gasteiger partial charge in [0.2, 0.25) is 0 Å². The van der Waals surface area contributed by atoms with Crippen molar-refractivity contribution in [1.29, 1.82) is 0 Å². The van der Waals surface area contributed by atoms with Crippen molar-refractivity contribution < 1.29 is 9.47 Å². The van der Waals surface area contributed by atoms with Gasteiger partial charge in [0, 0.05) is 17.6 Å². The minimum Gasteiger partial charge on any atom is -0.490 e. The van der Waals surface area contributed by atoms with Gasteiger partial charge in [0.1, 0.15) is 6.61 Å². The molecular formula is C22H31ClN2O2. The Morgan fingerprint density at radius 3 is 2.56 bits per heavy atom. The first-order valence-corrected chi connectivity index (χ1v) is 9.86. The molecule has 2 aromatic carbocycles. The Balaban J connectivity index is 2.01. The number of hydrogen-bond donors (Lipinski definition) is 1. The number of benzene rings is 2. The molecular weight excluding hydrogens is 360 g/mol. The molecule has 27 heavy (non-hydrogen) atoms. The molecule has 5 heteroatoms. The molecule has 2 aromatic rings. The molecule has 0 atom stereocenters. The number of ether oxygens (including phenoxy) is 2. The van der Waals surface area contributed by atoms with Crippen molar-refractivity contribution in [2.24, 2.45) is 0 Å². The maximum atomic E-state index is 6.49. The van der Waals surface area contributed by atoms with Crippen molar-refractivity contribution in [3.8, 4) is 11.5 Å². The Hall–Kier alpha value is -1.75. The first kappa shape index (κ1) is 21.5. The van der Waals surface area contributed by atoms with Gasteiger partial charge in [-0.15, -0.1) is 0 Å². The number of hydrogen-bond acceptors (Lipinski definition) is 4. The number of rotatable bonds is 11. The monoisotopic (exact) mass is 390 g/mol. The molecule has 0 unspecified atom stereocenters. The third kappa shape index (κ3) is 7.41. The van der Waals surface area contributed by atoms with Crippen molar-refractivity contribution >= 4 is 11.6 Å². The highest BCUT2D eigenvalue weighted by atomic mass is 35.5. The van der Waals surface area contributed by atoms with Gasteiger partial charge in [0.25, 0.3) is 0 Å². The minimum atomic E-state index is 0.486. The average Bonchev–Trinajstić information content (AvgIpc) is 2.62. The summed E-state index contributed by atoms with van der Waals surface area (Å²) in [5, 5.41) is 4.14. The summed E-state index contributed by atoms with van der Waals surface area (Å²) < 4.78 is 11.8. The van der Waals surface area contributed by atoms with Crippen molar-refractivity contribution in [1.82, 2.24) is 10.2 Å². The van der Waals surface area contributed by atoms with Crippen LogP contribution in [0.2, 0.25) is 5.02 Å². The molecule has 0 saturated carbocycles. The summed E-state index contributed by atoms with van der Waals surface area (Å²) in [5.74, 6) is 1.42. The summed E-state index contributed by atoms with van der Waals surface area (Å²) in [6.45, 7) is 7.84. The van der Waals surface area contributed by atoms with E-state index in [9.17, 15) is 0 Å². The molecule has 0 spiro atoms. The number of aryl methyl sites for hydroxylation is 1. The van der Waals surface area contributed by atoms with Gasteiger partial charge in [-0.05, 0) is 64.6 Å². The van der Waals surface area contributed by atoms with Crippen molar-refractivity contribution in [3.05, 3.63) is 58.1 Å². The molecule has 0 saturated heterocycles. The van der Waals surface area contributed by atoms with Gasteiger partial charge < -0.3 is 19.7 Å². The topological polar surface area (TPSA) is 33.7 Å². The number of halogens is 1. The fourth-order valence-electron chi connectivity index (χ4n) is 2.80. The van der Waals surface area contributed by atoms with Gasteiger partial charge in [-0.1, -0.05) is 41.4 Å². The molecule has 2 rings (SSSR count). The first-order valence-electron chi connectivity index (χ1n) is 9.48. The highest BCUT2D eigenvalue weighted by Gasteiger charge is 2.11. The Labute approximate surface area is 168 Å². The van der Waals surface area contributed by atoms with E-state index in [2.05, 4.69) is 49.4 Å². The second-order valence-electron chi connectivity index (χ2n) is 6.93. The van der Waals surface area contributed by atoms with Crippen molar-refractivity contribution in [2.75, 3.05) is 33.8 Å². The molecule has 0 aliphatic rings. The predicted molar refractivity (Wildman–Crippen MR) is 113 cm³/mol. The molecule has 0 fully saturated rings. The summed E-state index contributed by atoms with van der Waals surface area (Å²) >= 11 is 6.49. The maximum absolute atomic E-state index is 6.49. The average molecular weight is 391 g/mol. The first-order chi connectivity index (χ1) is 13.0. The smallest absolute Gasteiger partial charge is 0.163 e. The van der Waals surface area contributed by atoms with Crippen LogP contribution < -0.4 is 14.8 Å². The Morgan fingerprint density at radius 1 is 1.07 bits per heavy atom. The van der Waals surface area contributed by atoms with Crippen LogP contribution in [0.3, 0.4) is 0 Å². The van der Waals surface area contributed by atoms with Crippen LogP contribution in [0, 0.1) is 6.92 Å². The molecule has 0 aliphatic carbocycles. The SMILES string of the molecule is CCOc1cc(CNCCCN(C)C)c(Cl)cc1OCc1cccc(C)c1. The molecule has 0 radical (unpaired) electrons. The van der Waals surface area contributed by atoms with E-state index in [0.717, 1.165) is 36.4 Å². The molecule has 0 bridgehead atoms. The molecule has 4 nitrogen and oxygen atoms in total. The quantitative estimate of drug-likeness (QED) is 0.565. The third-order valence-corrected chi connectivity index (χ3v) is 4.52. The fraction of sp³-hybridized carbons (Fsp3) is 0.455. The van der Waals surface area contributed by atoms with E-state index in [-0.39, 0.29) is 0 Å². The van der Waals surface area contributed by atoms with Gasteiger partial charge >= 0.3 is 0 Å². The van der Waals surface area contributed by atoms with Gasteiger partial charge in [-0.3, -0.25) is 0 Å². The van der Waals surface area contributed by atoms with Gasteiger partial charge in [0.05, 0.1) is 6.61 Å².